The van der Waals surface area contributed by atoms with Crippen LogP contribution in [0.25, 0.3) is 11.0 Å². The molecule has 0 aliphatic rings. The van der Waals surface area contributed by atoms with Crippen LogP contribution in [0.5, 0.6) is 5.75 Å². The van der Waals surface area contributed by atoms with Crippen molar-refractivity contribution in [3.8, 4) is 5.75 Å². The molecule has 4 rings (SSSR count). The Bertz CT molecular complexity index is 1190. The number of carbonyl (C=O) groups excluding carboxylic acids is 1. The summed E-state index contributed by atoms with van der Waals surface area (Å²) in [6.07, 6.45) is 1.46. The molecule has 0 saturated heterocycles. The zero-order chi connectivity index (χ0) is 20.4. The summed E-state index contributed by atoms with van der Waals surface area (Å²) in [5.74, 6) is 0.577. The summed E-state index contributed by atoms with van der Waals surface area (Å²) in [6, 6.07) is 20.0. The van der Waals surface area contributed by atoms with Crippen LogP contribution in [0.2, 0.25) is 0 Å². The number of ether oxygens (including phenoxy) is 1. The van der Waals surface area contributed by atoms with Crippen molar-refractivity contribution in [1.29, 1.82) is 0 Å². The van der Waals surface area contributed by atoms with Gasteiger partial charge in [0.05, 0.1) is 7.11 Å². The number of benzene rings is 2. The van der Waals surface area contributed by atoms with Gasteiger partial charge in [-0.3, -0.25) is 9.59 Å². The van der Waals surface area contributed by atoms with Crippen LogP contribution >= 0.6 is 0 Å². The van der Waals surface area contributed by atoms with Gasteiger partial charge in [0, 0.05) is 29.3 Å². The zero-order valence-electron chi connectivity index (χ0n) is 16.1. The molecule has 6 nitrogen and oxygen atoms in total. The highest BCUT2D eigenvalue weighted by Gasteiger charge is 2.43. The van der Waals surface area contributed by atoms with Gasteiger partial charge in [0.1, 0.15) is 11.3 Å². The number of rotatable bonds is 6. The van der Waals surface area contributed by atoms with Gasteiger partial charge in [-0.2, -0.15) is 0 Å². The van der Waals surface area contributed by atoms with Gasteiger partial charge in [-0.15, -0.1) is 0 Å². The molecule has 4 aromatic rings. The van der Waals surface area contributed by atoms with E-state index in [4.69, 9.17) is 9.15 Å². The molecule has 0 aliphatic heterocycles. The highest BCUT2D eigenvalue weighted by Crippen LogP contribution is 2.39. The van der Waals surface area contributed by atoms with Crippen molar-refractivity contribution in [2.24, 2.45) is 0 Å². The number of hydrogen-bond donors (Lipinski definition) is 2. The maximum absolute atomic E-state index is 13.2. The molecule has 2 aromatic heterocycles. The number of methoxy groups -OCH3 is 1. The molecule has 0 aliphatic carbocycles. The lowest BCUT2D eigenvalue weighted by atomic mass is 9.79. The number of nitrogens with one attached hydrogen (secondary N) is 2. The first-order valence-corrected chi connectivity index (χ1v) is 9.15. The summed E-state index contributed by atoms with van der Waals surface area (Å²) >= 11 is 0. The number of anilines is 1. The normalized spacial score (nSPS) is 13.0. The van der Waals surface area contributed by atoms with E-state index in [1.54, 1.807) is 0 Å². The molecule has 2 N–H and O–H groups in total. The molecule has 146 valence electrons. The van der Waals surface area contributed by atoms with Gasteiger partial charge >= 0.3 is 0 Å². The molecule has 1 atom stereocenters. The number of H-pyrrole nitrogens is 1. The summed E-state index contributed by atoms with van der Waals surface area (Å²) in [7, 11) is 1.49. The minimum Gasteiger partial charge on any atom is -0.495 e. The third-order valence-corrected chi connectivity index (χ3v) is 4.98. The average Bonchev–Trinajstić information content (AvgIpc) is 3.15. The minimum atomic E-state index is -1.38. The number of ketones is 1. The van der Waals surface area contributed by atoms with Gasteiger partial charge in [-0.25, -0.2) is 0 Å². The molecule has 0 saturated carbocycles. The topological polar surface area (TPSA) is 84.3 Å². The summed E-state index contributed by atoms with van der Waals surface area (Å²) in [6.45, 7) is 1.48. The predicted octanol–water partition coefficient (Wildman–Crippen LogP) is 4.07. The molecule has 2 heterocycles. The Morgan fingerprint density at radius 3 is 2.48 bits per heavy atom. The Labute approximate surface area is 167 Å². The number of Topliss-reactive ketones (excluding diaryl/α,β-unsaturated/α-hetero) is 1. The van der Waals surface area contributed by atoms with Crippen molar-refractivity contribution >= 4 is 22.6 Å². The van der Waals surface area contributed by atoms with Crippen LogP contribution in [-0.2, 0) is 10.3 Å². The van der Waals surface area contributed by atoms with E-state index in [1.165, 1.54) is 26.3 Å². The van der Waals surface area contributed by atoms with Gasteiger partial charge in [0.15, 0.2) is 17.2 Å². The number of hydrogen-bond acceptors (Lipinski definition) is 5. The minimum absolute atomic E-state index is 0.215. The van der Waals surface area contributed by atoms with Gasteiger partial charge in [-0.1, -0.05) is 48.5 Å². The van der Waals surface area contributed by atoms with E-state index in [1.807, 2.05) is 60.7 Å². The third kappa shape index (κ3) is 3.18. The van der Waals surface area contributed by atoms with E-state index < -0.39 is 5.54 Å². The summed E-state index contributed by atoms with van der Waals surface area (Å²) < 4.78 is 11.4. The lowest BCUT2D eigenvalue weighted by molar-refractivity contribution is -0.120. The standard InChI is InChI=1S/C23H20N2O4/c1-15(26)23(17-9-4-3-5-10-17,18-13-21(27)24-14-20(18)28-2)25-22-12-16-8-6-7-11-19(16)29-22/h3-14,25H,1-2H3,(H,24,27). The smallest absolute Gasteiger partial charge is 0.248 e. The lowest BCUT2D eigenvalue weighted by Crippen LogP contribution is -2.44. The fraction of sp³-hybridized carbons (Fsp3) is 0.130. The van der Waals surface area contributed by atoms with Crippen LogP contribution in [0.4, 0.5) is 5.88 Å². The first kappa shape index (κ1) is 18.6. The largest absolute Gasteiger partial charge is 0.495 e. The zero-order valence-corrected chi connectivity index (χ0v) is 16.1. The van der Waals surface area contributed by atoms with Crippen molar-refractivity contribution in [2.45, 2.75) is 12.5 Å². The Morgan fingerprint density at radius 2 is 1.79 bits per heavy atom. The molecule has 1 unspecified atom stereocenters. The van der Waals surface area contributed by atoms with Crippen molar-refractivity contribution in [1.82, 2.24) is 4.98 Å². The van der Waals surface area contributed by atoms with Crippen LogP contribution in [0.15, 0.2) is 82.1 Å². The maximum atomic E-state index is 13.2. The summed E-state index contributed by atoms with van der Waals surface area (Å²) in [5.41, 5.74) is 0.0428. The first-order valence-electron chi connectivity index (χ1n) is 9.15. The quantitative estimate of drug-likeness (QED) is 0.520. The second-order valence-electron chi connectivity index (χ2n) is 6.73. The Morgan fingerprint density at radius 1 is 1.07 bits per heavy atom. The monoisotopic (exact) mass is 388 g/mol. The van der Waals surface area contributed by atoms with Crippen LogP contribution in [0, 0.1) is 0 Å². The van der Waals surface area contributed by atoms with E-state index in [-0.39, 0.29) is 11.3 Å². The Kier molecular flexibility index (Phi) is 4.68. The molecular formula is C23H20N2O4. The Balaban J connectivity index is 1.99. The van der Waals surface area contributed by atoms with Crippen molar-refractivity contribution < 1.29 is 13.9 Å². The predicted molar refractivity (Wildman–Crippen MR) is 111 cm³/mol. The number of aromatic nitrogens is 1. The molecule has 2 aromatic carbocycles. The van der Waals surface area contributed by atoms with Crippen LogP contribution in [0.1, 0.15) is 18.1 Å². The van der Waals surface area contributed by atoms with E-state index >= 15 is 0 Å². The lowest BCUT2D eigenvalue weighted by Gasteiger charge is -2.34. The summed E-state index contributed by atoms with van der Waals surface area (Å²) in [4.78, 5) is 28.0. The van der Waals surface area contributed by atoms with Crippen LogP contribution in [0.3, 0.4) is 0 Å². The van der Waals surface area contributed by atoms with E-state index in [0.717, 1.165) is 5.39 Å². The van der Waals surface area contributed by atoms with E-state index in [0.29, 0.717) is 28.3 Å². The molecule has 0 fully saturated rings. The van der Waals surface area contributed by atoms with Crippen molar-refractivity contribution in [2.75, 3.05) is 12.4 Å². The highest BCUT2D eigenvalue weighted by molar-refractivity contribution is 5.95. The number of carbonyl (C=O) groups is 1. The molecule has 6 heteroatoms. The van der Waals surface area contributed by atoms with E-state index in [9.17, 15) is 9.59 Å². The van der Waals surface area contributed by atoms with Gasteiger partial charge < -0.3 is 19.5 Å². The highest BCUT2D eigenvalue weighted by atomic mass is 16.5. The fourth-order valence-electron chi connectivity index (χ4n) is 3.61. The first-order chi connectivity index (χ1) is 14.0. The van der Waals surface area contributed by atoms with Crippen molar-refractivity contribution in [3.05, 3.63) is 94.4 Å². The van der Waals surface area contributed by atoms with Gasteiger partial charge in [0.25, 0.3) is 0 Å². The fourth-order valence-corrected chi connectivity index (χ4v) is 3.61. The van der Waals surface area contributed by atoms with E-state index in [2.05, 4.69) is 10.3 Å². The number of pyridine rings is 1. The Hall–Kier alpha value is -3.80. The maximum Gasteiger partial charge on any atom is 0.248 e. The number of furan rings is 1. The SMILES string of the molecule is COc1c[nH]c(=O)cc1C(Nc1cc2ccccc2o1)(C(C)=O)c1ccccc1. The molecule has 0 radical (unpaired) electrons. The second-order valence-corrected chi connectivity index (χ2v) is 6.73. The van der Waals surface area contributed by atoms with Crippen LogP contribution in [-0.4, -0.2) is 17.9 Å². The average molecular weight is 388 g/mol. The number of para-hydroxylation sites is 1. The van der Waals surface area contributed by atoms with Gasteiger partial charge in [0.2, 0.25) is 5.56 Å². The molecule has 0 bridgehead atoms. The van der Waals surface area contributed by atoms with Crippen molar-refractivity contribution in [3.63, 3.8) is 0 Å². The number of aromatic amines is 1. The number of fused-ring (bicyclic) bond motifs is 1. The van der Waals surface area contributed by atoms with Crippen LogP contribution < -0.4 is 15.6 Å². The van der Waals surface area contributed by atoms with Gasteiger partial charge in [-0.05, 0) is 18.6 Å². The molecule has 0 spiro atoms. The summed E-state index contributed by atoms with van der Waals surface area (Å²) in [5, 5.41) is 4.17. The molecule has 29 heavy (non-hydrogen) atoms. The molecule has 0 amide bonds. The molecular weight excluding hydrogens is 368 g/mol. The third-order valence-electron chi connectivity index (χ3n) is 4.98. The second kappa shape index (κ2) is 7.31.